The van der Waals surface area contributed by atoms with Gasteiger partial charge in [0.05, 0.1) is 11.6 Å². The van der Waals surface area contributed by atoms with Gasteiger partial charge in [-0.05, 0) is 38.0 Å². The summed E-state index contributed by atoms with van der Waals surface area (Å²) in [7, 11) is 0. The van der Waals surface area contributed by atoms with E-state index in [1.54, 1.807) is 18.2 Å². The van der Waals surface area contributed by atoms with E-state index >= 15 is 0 Å². The number of amides is 1. The van der Waals surface area contributed by atoms with Crippen LogP contribution in [-0.2, 0) is 4.79 Å². The number of benzene rings is 1. The molecule has 0 saturated carbocycles. The van der Waals surface area contributed by atoms with Gasteiger partial charge in [-0.1, -0.05) is 18.5 Å². The molecule has 114 valence electrons. The van der Waals surface area contributed by atoms with Crippen LogP contribution >= 0.6 is 24.0 Å². The number of carbonyl (C=O) groups excluding carboxylic acids is 1. The van der Waals surface area contributed by atoms with Crippen molar-refractivity contribution >= 4 is 35.6 Å². The van der Waals surface area contributed by atoms with Crippen LogP contribution in [-0.4, -0.2) is 18.6 Å². The first kappa shape index (κ1) is 19.0. The Morgan fingerprint density at radius 1 is 1.50 bits per heavy atom. The van der Waals surface area contributed by atoms with Crippen molar-refractivity contribution in [3.05, 3.63) is 23.2 Å². The second kappa shape index (κ2) is 9.86. The number of carbonyl (C=O) groups is 1. The fourth-order valence-corrected chi connectivity index (χ4v) is 1.73. The van der Waals surface area contributed by atoms with E-state index in [1.165, 1.54) is 0 Å². The van der Waals surface area contributed by atoms with Crippen molar-refractivity contribution in [2.75, 3.05) is 11.9 Å². The molecular formula is C14H22Cl2N2O2. The molecule has 6 heteroatoms. The Labute approximate surface area is 131 Å². The predicted molar refractivity (Wildman–Crippen MR) is 86.0 cm³/mol. The molecule has 0 aliphatic heterocycles. The van der Waals surface area contributed by atoms with Crippen LogP contribution < -0.4 is 15.8 Å². The van der Waals surface area contributed by atoms with Crippen molar-refractivity contribution in [2.45, 2.75) is 39.2 Å². The van der Waals surface area contributed by atoms with Gasteiger partial charge in [-0.3, -0.25) is 4.79 Å². The van der Waals surface area contributed by atoms with Gasteiger partial charge in [-0.15, -0.1) is 12.4 Å². The molecule has 0 aromatic heterocycles. The Bertz CT molecular complexity index is 426. The molecule has 0 heterocycles. The smallest absolute Gasteiger partial charge is 0.224 e. The van der Waals surface area contributed by atoms with E-state index in [9.17, 15) is 4.79 Å². The van der Waals surface area contributed by atoms with Gasteiger partial charge in [0.2, 0.25) is 5.91 Å². The van der Waals surface area contributed by atoms with Gasteiger partial charge in [-0.25, -0.2) is 0 Å². The highest BCUT2D eigenvalue weighted by atomic mass is 35.5. The number of nitrogens with one attached hydrogen (secondary N) is 1. The largest absolute Gasteiger partial charge is 0.492 e. The molecule has 1 unspecified atom stereocenters. The van der Waals surface area contributed by atoms with E-state index in [0.717, 1.165) is 6.42 Å². The number of anilines is 1. The summed E-state index contributed by atoms with van der Waals surface area (Å²) in [4.78, 5) is 11.6. The quantitative estimate of drug-likeness (QED) is 0.806. The molecule has 0 radical (unpaired) electrons. The van der Waals surface area contributed by atoms with Crippen LogP contribution in [0.2, 0.25) is 5.02 Å². The lowest BCUT2D eigenvalue weighted by Crippen LogP contribution is -2.19. The summed E-state index contributed by atoms with van der Waals surface area (Å²) in [5.74, 6) is 0.577. The van der Waals surface area contributed by atoms with Crippen LogP contribution in [0.5, 0.6) is 5.75 Å². The van der Waals surface area contributed by atoms with E-state index in [2.05, 4.69) is 5.32 Å². The maximum atomic E-state index is 11.6. The average molecular weight is 321 g/mol. The first-order valence-corrected chi connectivity index (χ1v) is 6.88. The number of rotatable bonds is 7. The van der Waals surface area contributed by atoms with Gasteiger partial charge in [0.25, 0.3) is 0 Å². The van der Waals surface area contributed by atoms with Crippen molar-refractivity contribution in [2.24, 2.45) is 5.73 Å². The monoisotopic (exact) mass is 320 g/mol. The van der Waals surface area contributed by atoms with E-state index in [-0.39, 0.29) is 24.4 Å². The fraction of sp³-hybridized carbons (Fsp3) is 0.500. The van der Waals surface area contributed by atoms with Crippen LogP contribution in [0.1, 0.15) is 33.1 Å². The Kier molecular flexibility index (Phi) is 9.38. The lowest BCUT2D eigenvalue weighted by atomic mass is 10.2. The fourth-order valence-electron chi connectivity index (χ4n) is 1.49. The third-order valence-electron chi connectivity index (χ3n) is 2.50. The molecule has 1 aromatic carbocycles. The summed E-state index contributed by atoms with van der Waals surface area (Å²) < 4.78 is 5.46. The van der Waals surface area contributed by atoms with E-state index in [4.69, 9.17) is 22.1 Å². The first-order valence-electron chi connectivity index (χ1n) is 6.50. The summed E-state index contributed by atoms with van der Waals surface area (Å²) in [6.07, 6.45) is 1.99. The Balaban J connectivity index is 0.00000361. The van der Waals surface area contributed by atoms with Gasteiger partial charge in [0.15, 0.2) is 0 Å². The lowest BCUT2D eigenvalue weighted by molar-refractivity contribution is -0.116. The molecule has 1 rings (SSSR count). The van der Waals surface area contributed by atoms with Crippen molar-refractivity contribution in [3.63, 3.8) is 0 Å². The topological polar surface area (TPSA) is 64.3 Å². The van der Waals surface area contributed by atoms with Crippen LogP contribution in [0.15, 0.2) is 18.2 Å². The highest BCUT2D eigenvalue weighted by Gasteiger charge is 2.07. The molecule has 1 atom stereocenters. The molecule has 1 aromatic rings. The van der Waals surface area contributed by atoms with E-state index < -0.39 is 0 Å². The van der Waals surface area contributed by atoms with Crippen LogP contribution in [0.4, 0.5) is 5.69 Å². The van der Waals surface area contributed by atoms with Crippen LogP contribution in [0.3, 0.4) is 0 Å². The molecule has 0 bridgehead atoms. The van der Waals surface area contributed by atoms with Gasteiger partial charge < -0.3 is 15.8 Å². The van der Waals surface area contributed by atoms with Crippen LogP contribution in [0, 0.1) is 0 Å². The molecule has 1 amide bonds. The molecule has 0 fully saturated rings. The third-order valence-corrected chi connectivity index (χ3v) is 2.80. The standard InChI is InChI=1S/C14H21ClN2O2.ClH/c1-3-8-19-13-6-5-11(9-12(13)15)17-14(18)7-4-10(2)16;/h5-6,9-10H,3-4,7-8,16H2,1-2H3,(H,17,18);1H. The highest BCUT2D eigenvalue weighted by Crippen LogP contribution is 2.27. The van der Waals surface area contributed by atoms with Crippen LogP contribution in [0.25, 0.3) is 0 Å². The summed E-state index contributed by atoms with van der Waals surface area (Å²) in [5, 5.41) is 3.29. The van der Waals surface area contributed by atoms with Crippen molar-refractivity contribution in [3.8, 4) is 5.75 Å². The molecule has 0 spiro atoms. The molecular weight excluding hydrogens is 299 g/mol. The number of hydrogen-bond donors (Lipinski definition) is 2. The second-order valence-electron chi connectivity index (χ2n) is 4.56. The van der Waals surface area contributed by atoms with Gasteiger partial charge >= 0.3 is 0 Å². The summed E-state index contributed by atoms with van der Waals surface area (Å²) in [6.45, 7) is 4.53. The molecule has 0 aliphatic carbocycles. The maximum Gasteiger partial charge on any atom is 0.224 e. The average Bonchev–Trinajstić information content (AvgIpc) is 2.35. The van der Waals surface area contributed by atoms with Gasteiger partial charge in [-0.2, -0.15) is 0 Å². The molecule has 4 nitrogen and oxygen atoms in total. The Morgan fingerprint density at radius 2 is 2.20 bits per heavy atom. The van der Waals surface area contributed by atoms with E-state index in [0.29, 0.717) is 35.9 Å². The minimum absolute atomic E-state index is 0. The normalized spacial score (nSPS) is 11.4. The SMILES string of the molecule is CCCOc1ccc(NC(=O)CCC(C)N)cc1Cl.Cl. The summed E-state index contributed by atoms with van der Waals surface area (Å²) in [5.41, 5.74) is 6.28. The van der Waals surface area contributed by atoms with Gasteiger partial charge in [0, 0.05) is 18.2 Å². The first-order chi connectivity index (χ1) is 9.02. The molecule has 20 heavy (non-hydrogen) atoms. The second-order valence-corrected chi connectivity index (χ2v) is 4.96. The molecule has 0 aliphatic rings. The minimum Gasteiger partial charge on any atom is -0.492 e. The zero-order valence-electron chi connectivity index (χ0n) is 11.8. The number of halogens is 2. The molecule has 0 saturated heterocycles. The Hall–Kier alpha value is -0.970. The van der Waals surface area contributed by atoms with Crippen molar-refractivity contribution in [1.29, 1.82) is 0 Å². The zero-order valence-corrected chi connectivity index (χ0v) is 13.4. The molecule has 3 N–H and O–H groups in total. The van der Waals surface area contributed by atoms with Gasteiger partial charge in [0.1, 0.15) is 5.75 Å². The number of hydrogen-bond acceptors (Lipinski definition) is 3. The predicted octanol–water partition coefficient (Wildman–Crippen LogP) is 3.62. The Morgan fingerprint density at radius 3 is 2.75 bits per heavy atom. The maximum absolute atomic E-state index is 11.6. The number of ether oxygens (including phenoxy) is 1. The highest BCUT2D eigenvalue weighted by molar-refractivity contribution is 6.32. The zero-order chi connectivity index (χ0) is 14.3. The van der Waals surface area contributed by atoms with E-state index in [1.807, 2.05) is 13.8 Å². The van der Waals surface area contributed by atoms with Crippen molar-refractivity contribution in [1.82, 2.24) is 0 Å². The van der Waals surface area contributed by atoms with Crippen molar-refractivity contribution < 1.29 is 9.53 Å². The number of nitrogens with two attached hydrogens (primary N) is 1. The lowest BCUT2D eigenvalue weighted by Gasteiger charge is -2.10. The summed E-state index contributed by atoms with van der Waals surface area (Å²) in [6, 6.07) is 5.26. The summed E-state index contributed by atoms with van der Waals surface area (Å²) >= 11 is 6.08. The third kappa shape index (κ3) is 6.98. The minimum atomic E-state index is -0.0596.